The van der Waals surface area contributed by atoms with E-state index in [0.29, 0.717) is 0 Å². The summed E-state index contributed by atoms with van der Waals surface area (Å²) < 4.78 is 9.31. The molecule has 23 heavy (non-hydrogen) atoms. The fraction of sp³-hybridized carbons (Fsp3) is 0.333. The third-order valence-electron chi connectivity index (χ3n) is 2.55. The van der Waals surface area contributed by atoms with Gasteiger partial charge in [0.25, 0.3) is 5.91 Å². The van der Waals surface area contributed by atoms with Crippen LogP contribution in [0.3, 0.4) is 0 Å². The molecule has 0 bridgehead atoms. The Labute approximate surface area is 133 Å². The summed E-state index contributed by atoms with van der Waals surface area (Å²) in [6, 6.07) is 4.76. The lowest BCUT2D eigenvalue weighted by atomic mass is 10.1. The van der Waals surface area contributed by atoms with Gasteiger partial charge in [0.05, 0.1) is 18.2 Å². The maximum Gasteiger partial charge on any atom is 0.338 e. The zero-order valence-electron chi connectivity index (χ0n) is 13.0. The molecule has 8 nitrogen and oxygen atoms in total. The molecular weight excluding hydrogens is 304 g/mol. The summed E-state index contributed by atoms with van der Waals surface area (Å²) in [6.07, 6.45) is 0. The lowest BCUT2D eigenvalue weighted by Gasteiger charge is -2.09. The van der Waals surface area contributed by atoms with Gasteiger partial charge in [-0.2, -0.15) is 0 Å². The number of imide groups is 1. The maximum atomic E-state index is 11.7. The largest absolute Gasteiger partial charge is 0.465 e. The van der Waals surface area contributed by atoms with E-state index in [2.05, 4.69) is 10.1 Å². The van der Waals surface area contributed by atoms with Crippen LogP contribution in [-0.4, -0.2) is 43.6 Å². The first kappa shape index (κ1) is 18.1. The maximum absolute atomic E-state index is 11.7. The second kappa shape index (κ2) is 8.52. The van der Waals surface area contributed by atoms with Crippen molar-refractivity contribution < 1.29 is 28.7 Å². The number of carbonyl (C=O) groups is 4. The fourth-order valence-electron chi connectivity index (χ4n) is 1.54. The van der Waals surface area contributed by atoms with Crippen molar-refractivity contribution in [3.8, 4) is 0 Å². The number of hydrogen-bond acceptors (Lipinski definition) is 6. The molecule has 0 heterocycles. The summed E-state index contributed by atoms with van der Waals surface area (Å²) in [5, 5.41) is 4.48. The number of carbonyl (C=O) groups excluding carboxylic acids is 4. The molecule has 0 aromatic heterocycles. The number of urea groups is 1. The molecule has 0 saturated carbocycles. The number of ether oxygens (including phenoxy) is 2. The van der Waals surface area contributed by atoms with Gasteiger partial charge in [0.2, 0.25) is 0 Å². The van der Waals surface area contributed by atoms with Crippen molar-refractivity contribution in [2.24, 2.45) is 0 Å². The normalized spacial score (nSPS) is 9.91. The molecule has 0 unspecified atom stereocenters. The van der Waals surface area contributed by atoms with E-state index in [1.165, 1.54) is 31.4 Å². The number of methoxy groups -OCH3 is 1. The lowest BCUT2D eigenvalue weighted by Crippen LogP contribution is -2.44. The standard InChI is InChI=1S/C15H18N2O6/c1-9(2)16-15(21)17-12(18)8-23-14(20)11-6-4-10(5-7-11)13(19)22-3/h4-7,9H,8H2,1-3H3,(H2,16,17,18,21). The summed E-state index contributed by atoms with van der Waals surface area (Å²) in [5.74, 6) is -2.02. The van der Waals surface area contributed by atoms with Gasteiger partial charge in [-0.3, -0.25) is 10.1 Å². The van der Waals surface area contributed by atoms with Crippen molar-refractivity contribution in [1.82, 2.24) is 10.6 Å². The average molecular weight is 322 g/mol. The second-order valence-corrected chi connectivity index (χ2v) is 4.82. The summed E-state index contributed by atoms with van der Waals surface area (Å²) in [4.78, 5) is 45.7. The van der Waals surface area contributed by atoms with Crippen molar-refractivity contribution in [1.29, 1.82) is 0 Å². The van der Waals surface area contributed by atoms with E-state index in [-0.39, 0.29) is 17.2 Å². The molecule has 0 atom stereocenters. The van der Waals surface area contributed by atoms with Crippen LogP contribution in [0, 0.1) is 0 Å². The van der Waals surface area contributed by atoms with E-state index in [9.17, 15) is 19.2 Å². The van der Waals surface area contributed by atoms with Gasteiger partial charge >= 0.3 is 18.0 Å². The zero-order chi connectivity index (χ0) is 17.4. The molecule has 8 heteroatoms. The van der Waals surface area contributed by atoms with Crippen LogP contribution < -0.4 is 10.6 Å². The van der Waals surface area contributed by atoms with Gasteiger partial charge in [-0.05, 0) is 38.1 Å². The first-order valence-corrected chi connectivity index (χ1v) is 6.79. The van der Waals surface area contributed by atoms with Crippen LogP contribution in [0.15, 0.2) is 24.3 Å². The summed E-state index contributed by atoms with van der Waals surface area (Å²) in [6.45, 7) is 2.88. The van der Waals surface area contributed by atoms with Gasteiger partial charge in [-0.25, -0.2) is 14.4 Å². The fourth-order valence-corrected chi connectivity index (χ4v) is 1.54. The molecule has 1 rings (SSSR count). The molecule has 0 aliphatic carbocycles. The van der Waals surface area contributed by atoms with Gasteiger partial charge in [-0.1, -0.05) is 0 Å². The molecule has 0 fully saturated rings. The SMILES string of the molecule is COC(=O)c1ccc(C(=O)OCC(=O)NC(=O)NC(C)C)cc1. The molecule has 0 aliphatic heterocycles. The molecule has 124 valence electrons. The smallest absolute Gasteiger partial charge is 0.338 e. The molecule has 2 N–H and O–H groups in total. The predicted octanol–water partition coefficient (Wildman–Crippen LogP) is 0.864. The van der Waals surface area contributed by atoms with Crippen molar-refractivity contribution in [2.75, 3.05) is 13.7 Å². The summed E-state index contributed by atoms with van der Waals surface area (Å²) in [5.41, 5.74) is 0.448. The number of rotatable bonds is 5. The van der Waals surface area contributed by atoms with Crippen LogP contribution >= 0.6 is 0 Å². The number of amides is 3. The van der Waals surface area contributed by atoms with Crippen LogP contribution in [0.2, 0.25) is 0 Å². The van der Waals surface area contributed by atoms with E-state index in [1.807, 2.05) is 5.32 Å². The third-order valence-corrected chi connectivity index (χ3v) is 2.55. The van der Waals surface area contributed by atoms with Crippen LogP contribution in [0.4, 0.5) is 4.79 Å². The highest BCUT2D eigenvalue weighted by Gasteiger charge is 2.13. The van der Waals surface area contributed by atoms with Gasteiger partial charge in [0, 0.05) is 6.04 Å². The monoisotopic (exact) mass is 322 g/mol. The van der Waals surface area contributed by atoms with Crippen LogP contribution in [0.25, 0.3) is 0 Å². The highest BCUT2D eigenvalue weighted by molar-refractivity contribution is 5.97. The van der Waals surface area contributed by atoms with Crippen molar-refractivity contribution in [3.63, 3.8) is 0 Å². The Bertz CT molecular complexity index is 594. The van der Waals surface area contributed by atoms with Gasteiger partial charge in [-0.15, -0.1) is 0 Å². The Morgan fingerprint density at radius 3 is 2.00 bits per heavy atom. The molecule has 3 amide bonds. The minimum atomic E-state index is -0.749. The first-order chi connectivity index (χ1) is 10.8. The van der Waals surface area contributed by atoms with E-state index in [0.717, 1.165) is 0 Å². The number of hydrogen-bond donors (Lipinski definition) is 2. The molecule has 0 radical (unpaired) electrons. The second-order valence-electron chi connectivity index (χ2n) is 4.82. The van der Waals surface area contributed by atoms with E-state index >= 15 is 0 Å². The number of esters is 2. The van der Waals surface area contributed by atoms with Gasteiger partial charge in [0.15, 0.2) is 6.61 Å². The van der Waals surface area contributed by atoms with Crippen LogP contribution in [0.1, 0.15) is 34.6 Å². The third kappa shape index (κ3) is 6.16. The summed E-state index contributed by atoms with van der Waals surface area (Å²) in [7, 11) is 1.25. The zero-order valence-corrected chi connectivity index (χ0v) is 13.0. The highest BCUT2D eigenvalue weighted by Crippen LogP contribution is 2.07. The molecule has 0 saturated heterocycles. The predicted molar refractivity (Wildman–Crippen MR) is 79.9 cm³/mol. The Balaban J connectivity index is 2.48. The molecule has 1 aromatic rings. The van der Waals surface area contributed by atoms with Gasteiger partial charge < -0.3 is 14.8 Å². The molecule has 1 aromatic carbocycles. The van der Waals surface area contributed by atoms with Crippen molar-refractivity contribution >= 4 is 23.9 Å². The molecule has 0 spiro atoms. The Morgan fingerprint density at radius 1 is 1.00 bits per heavy atom. The van der Waals surface area contributed by atoms with E-state index in [4.69, 9.17) is 4.74 Å². The Kier molecular flexibility index (Phi) is 6.72. The highest BCUT2D eigenvalue weighted by atomic mass is 16.5. The number of benzene rings is 1. The number of nitrogens with one attached hydrogen (secondary N) is 2. The van der Waals surface area contributed by atoms with E-state index < -0.39 is 30.5 Å². The first-order valence-electron chi connectivity index (χ1n) is 6.79. The molecular formula is C15H18N2O6. The quantitative estimate of drug-likeness (QED) is 0.778. The van der Waals surface area contributed by atoms with Gasteiger partial charge in [0.1, 0.15) is 0 Å². The minimum Gasteiger partial charge on any atom is -0.465 e. The van der Waals surface area contributed by atoms with Crippen molar-refractivity contribution in [3.05, 3.63) is 35.4 Å². The molecule has 0 aliphatic rings. The summed E-state index contributed by atoms with van der Waals surface area (Å²) >= 11 is 0. The topological polar surface area (TPSA) is 111 Å². The lowest BCUT2D eigenvalue weighted by molar-refractivity contribution is -0.123. The van der Waals surface area contributed by atoms with E-state index in [1.54, 1.807) is 13.8 Å². The van der Waals surface area contributed by atoms with Crippen molar-refractivity contribution in [2.45, 2.75) is 19.9 Å². The van der Waals surface area contributed by atoms with Crippen LogP contribution in [-0.2, 0) is 14.3 Å². The average Bonchev–Trinajstić information content (AvgIpc) is 2.51. The Hall–Kier alpha value is -2.90. The minimum absolute atomic E-state index is 0.126. The van der Waals surface area contributed by atoms with Crippen LogP contribution in [0.5, 0.6) is 0 Å². The Morgan fingerprint density at radius 2 is 1.52 bits per heavy atom.